The Kier molecular flexibility index (Phi) is 5.74. The van der Waals surface area contributed by atoms with Crippen molar-refractivity contribution < 1.29 is 9.53 Å². The first kappa shape index (κ1) is 17.9. The highest BCUT2D eigenvalue weighted by Gasteiger charge is 2.25. The quantitative estimate of drug-likeness (QED) is 0.806. The van der Waals surface area contributed by atoms with E-state index in [1.807, 2.05) is 33.8 Å². The Morgan fingerprint density at radius 2 is 2.04 bits per heavy atom. The largest absolute Gasteiger partial charge is 0.444 e. The number of aromatic nitrogens is 1. The zero-order valence-corrected chi connectivity index (χ0v) is 15.0. The number of hydrogen-bond donors (Lipinski definition) is 2. The van der Waals surface area contributed by atoms with Gasteiger partial charge in [0.1, 0.15) is 10.8 Å². The number of hydrogen-bond acceptors (Lipinski definition) is 4. The van der Waals surface area contributed by atoms with Crippen LogP contribution in [0.2, 0.25) is 5.15 Å². The van der Waals surface area contributed by atoms with Gasteiger partial charge in [-0.15, -0.1) is 0 Å². The number of amides is 1. The summed E-state index contributed by atoms with van der Waals surface area (Å²) in [5.41, 5.74) is 1.45. The Labute approximate surface area is 143 Å². The number of aryl methyl sites for hydroxylation is 1. The van der Waals surface area contributed by atoms with Gasteiger partial charge in [-0.3, -0.25) is 0 Å². The monoisotopic (exact) mass is 339 g/mol. The minimum atomic E-state index is -0.469. The molecular formula is C17H26ClN3O2. The molecule has 1 aliphatic carbocycles. The molecule has 1 aromatic rings. The van der Waals surface area contributed by atoms with Gasteiger partial charge in [0.25, 0.3) is 0 Å². The van der Waals surface area contributed by atoms with Gasteiger partial charge >= 0.3 is 6.09 Å². The molecule has 2 N–H and O–H groups in total. The van der Waals surface area contributed by atoms with Gasteiger partial charge in [0.2, 0.25) is 0 Å². The highest BCUT2D eigenvalue weighted by molar-refractivity contribution is 6.30. The molecule has 2 rings (SSSR count). The van der Waals surface area contributed by atoms with Crippen LogP contribution in [0, 0.1) is 6.92 Å². The predicted octanol–water partition coefficient (Wildman–Crippen LogP) is 4.29. The molecule has 1 fully saturated rings. The minimum Gasteiger partial charge on any atom is -0.444 e. The lowest BCUT2D eigenvalue weighted by atomic mass is 9.91. The maximum Gasteiger partial charge on any atom is 0.407 e. The molecule has 1 saturated carbocycles. The van der Waals surface area contributed by atoms with E-state index in [0.717, 1.165) is 36.9 Å². The summed E-state index contributed by atoms with van der Waals surface area (Å²) in [5, 5.41) is 6.99. The summed E-state index contributed by atoms with van der Waals surface area (Å²) in [6.45, 7) is 7.54. The second-order valence-electron chi connectivity index (χ2n) is 7.18. The fourth-order valence-electron chi connectivity index (χ4n) is 2.80. The zero-order chi connectivity index (χ0) is 17.0. The third-order valence-corrected chi connectivity index (χ3v) is 4.18. The van der Waals surface area contributed by atoms with E-state index in [9.17, 15) is 4.79 Å². The average molecular weight is 340 g/mol. The molecule has 0 bridgehead atoms. The SMILES string of the molecule is Cc1cc(NC2CCCC(NC(=O)OC(C)(C)C)C2)cnc1Cl. The molecular weight excluding hydrogens is 314 g/mol. The maximum absolute atomic E-state index is 11.9. The van der Waals surface area contributed by atoms with Crippen molar-refractivity contribution in [2.24, 2.45) is 0 Å². The highest BCUT2D eigenvalue weighted by atomic mass is 35.5. The van der Waals surface area contributed by atoms with Gasteiger partial charge in [-0.05, 0) is 65.0 Å². The van der Waals surface area contributed by atoms with Gasteiger partial charge in [-0.25, -0.2) is 9.78 Å². The standard InChI is InChI=1S/C17H26ClN3O2/c1-11-8-14(10-19-15(11)18)20-12-6-5-7-13(9-12)21-16(22)23-17(2,3)4/h8,10,12-13,20H,5-7,9H2,1-4H3,(H,21,22). The van der Waals surface area contributed by atoms with Crippen LogP contribution < -0.4 is 10.6 Å². The summed E-state index contributed by atoms with van der Waals surface area (Å²) in [7, 11) is 0. The molecule has 0 saturated heterocycles. The molecule has 2 atom stereocenters. The first-order valence-corrected chi connectivity index (χ1v) is 8.49. The van der Waals surface area contributed by atoms with Crippen LogP contribution in [-0.2, 0) is 4.74 Å². The number of nitrogens with zero attached hydrogens (tertiary/aromatic N) is 1. The van der Waals surface area contributed by atoms with Crippen molar-refractivity contribution in [2.75, 3.05) is 5.32 Å². The van der Waals surface area contributed by atoms with E-state index >= 15 is 0 Å². The normalized spacial score (nSPS) is 21.6. The summed E-state index contributed by atoms with van der Waals surface area (Å²) in [5.74, 6) is 0. The molecule has 1 heterocycles. The number of alkyl carbamates (subject to hydrolysis) is 1. The predicted molar refractivity (Wildman–Crippen MR) is 93.0 cm³/mol. The van der Waals surface area contributed by atoms with Gasteiger partial charge in [0.05, 0.1) is 11.9 Å². The molecule has 2 unspecified atom stereocenters. The summed E-state index contributed by atoms with van der Waals surface area (Å²) in [6.07, 6.45) is 5.41. The number of carbonyl (C=O) groups excluding carboxylic acids is 1. The smallest absolute Gasteiger partial charge is 0.407 e. The molecule has 0 spiro atoms. The van der Waals surface area contributed by atoms with Crippen LogP contribution in [0.5, 0.6) is 0 Å². The second kappa shape index (κ2) is 7.39. The Morgan fingerprint density at radius 3 is 2.70 bits per heavy atom. The number of pyridine rings is 1. The fraction of sp³-hybridized carbons (Fsp3) is 0.647. The van der Waals surface area contributed by atoms with Crippen molar-refractivity contribution >= 4 is 23.4 Å². The lowest BCUT2D eigenvalue weighted by Crippen LogP contribution is -2.43. The van der Waals surface area contributed by atoms with Gasteiger partial charge < -0.3 is 15.4 Å². The van der Waals surface area contributed by atoms with Crippen LogP contribution >= 0.6 is 11.6 Å². The van der Waals surface area contributed by atoms with Crippen LogP contribution in [0.1, 0.15) is 52.0 Å². The van der Waals surface area contributed by atoms with Crippen molar-refractivity contribution in [1.29, 1.82) is 0 Å². The average Bonchev–Trinajstić information content (AvgIpc) is 2.41. The molecule has 1 aromatic heterocycles. The number of rotatable bonds is 3. The van der Waals surface area contributed by atoms with Gasteiger partial charge in [-0.1, -0.05) is 11.6 Å². The topological polar surface area (TPSA) is 63.2 Å². The molecule has 1 aliphatic rings. The number of carbonyl (C=O) groups is 1. The highest BCUT2D eigenvalue weighted by Crippen LogP contribution is 2.24. The van der Waals surface area contributed by atoms with Crippen molar-refractivity contribution in [2.45, 2.75) is 71.1 Å². The molecule has 6 heteroatoms. The third kappa shape index (κ3) is 5.90. The van der Waals surface area contributed by atoms with Crippen LogP contribution in [-0.4, -0.2) is 28.8 Å². The first-order valence-electron chi connectivity index (χ1n) is 8.11. The number of anilines is 1. The zero-order valence-electron chi connectivity index (χ0n) is 14.3. The third-order valence-electron chi connectivity index (χ3n) is 3.78. The van der Waals surface area contributed by atoms with E-state index in [2.05, 4.69) is 15.6 Å². The summed E-state index contributed by atoms with van der Waals surface area (Å²) in [6, 6.07) is 2.45. The summed E-state index contributed by atoms with van der Waals surface area (Å²) in [4.78, 5) is 16.1. The van der Waals surface area contributed by atoms with E-state index in [1.165, 1.54) is 0 Å². The Morgan fingerprint density at radius 1 is 1.35 bits per heavy atom. The number of ether oxygens (including phenoxy) is 1. The molecule has 0 aromatic carbocycles. The minimum absolute atomic E-state index is 0.137. The maximum atomic E-state index is 11.9. The van der Waals surface area contributed by atoms with E-state index < -0.39 is 5.60 Å². The summed E-state index contributed by atoms with van der Waals surface area (Å²) >= 11 is 5.96. The molecule has 5 nitrogen and oxygen atoms in total. The number of nitrogens with one attached hydrogen (secondary N) is 2. The van der Waals surface area contributed by atoms with Crippen molar-refractivity contribution in [3.05, 3.63) is 23.0 Å². The molecule has 1 amide bonds. The molecule has 128 valence electrons. The van der Waals surface area contributed by atoms with Crippen LogP contribution in [0.3, 0.4) is 0 Å². The van der Waals surface area contributed by atoms with Crippen LogP contribution in [0.4, 0.5) is 10.5 Å². The molecule has 23 heavy (non-hydrogen) atoms. The van der Waals surface area contributed by atoms with E-state index in [0.29, 0.717) is 11.2 Å². The van der Waals surface area contributed by atoms with Crippen molar-refractivity contribution in [3.8, 4) is 0 Å². The second-order valence-corrected chi connectivity index (χ2v) is 7.54. The Balaban J connectivity index is 1.88. The molecule has 0 aliphatic heterocycles. The molecule has 0 radical (unpaired) electrons. The fourth-order valence-corrected chi connectivity index (χ4v) is 2.90. The van der Waals surface area contributed by atoms with Gasteiger partial charge in [0.15, 0.2) is 0 Å². The first-order chi connectivity index (χ1) is 10.7. The van der Waals surface area contributed by atoms with Crippen molar-refractivity contribution in [3.63, 3.8) is 0 Å². The Bertz CT molecular complexity index is 557. The van der Waals surface area contributed by atoms with E-state index in [4.69, 9.17) is 16.3 Å². The van der Waals surface area contributed by atoms with E-state index in [1.54, 1.807) is 6.20 Å². The lowest BCUT2D eigenvalue weighted by Gasteiger charge is -2.31. The Hall–Kier alpha value is -1.49. The van der Waals surface area contributed by atoms with Crippen LogP contribution in [0.15, 0.2) is 12.3 Å². The number of halogens is 1. The lowest BCUT2D eigenvalue weighted by molar-refractivity contribution is 0.0492. The van der Waals surface area contributed by atoms with Gasteiger partial charge in [0, 0.05) is 12.1 Å². The summed E-state index contributed by atoms with van der Waals surface area (Å²) < 4.78 is 5.33. The van der Waals surface area contributed by atoms with Gasteiger partial charge in [-0.2, -0.15) is 0 Å². The van der Waals surface area contributed by atoms with Crippen LogP contribution in [0.25, 0.3) is 0 Å². The van der Waals surface area contributed by atoms with Crippen molar-refractivity contribution in [1.82, 2.24) is 10.3 Å². The van der Waals surface area contributed by atoms with E-state index in [-0.39, 0.29) is 12.1 Å².